The number of non-ortho nitro benzene ring substituents is 1. The molecule has 0 spiro atoms. The number of esters is 1. The Kier molecular flexibility index (Phi) is 6.46. The van der Waals surface area contributed by atoms with Gasteiger partial charge in [0.2, 0.25) is 0 Å². The van der Waals surface area contributed by atoms with Crippen LogP contribution in [0.5, 0.6) is 0 Å². The Labute approximate surface area is 190 Å². The largest absolute Gasteiger partial charge is 0.464 e. The first kappa shape index (κ1) is 22.2. The van der Waals surface area contributed by atoms with Gasteiger partial charge in [0.15, 0.2) is 11.8 Å². The number of nitro groups is 1. The molecular weight excluding hydrogens is 424 g/mol. The molecule has 3 aromatic rings. The van der Waals surface area contributed by atoms with Gasteiger partial charge in [-0.15, -0.1) is 0 Å². The Bertz CT molecular complexity index is 1130. The molecular formula is C25H22N2O6. The highest BCUT2D eigenvalue weighted by Crippen LogP contribution is 2.43. The van der Waals surface area contributed by atoms with E-state index in [1.807, 2.05) is 6.07 Å². The molecule has 1 aliphatic rings. The summed E-state index contributed by atoms with van der Waals surface area (Å²) in [5.41, 5.74) is 1.49. The van der Waals surface area contributed by atoms with Crippen molar-refractivity contribution in [2.75, 3.05) is 11.7 Å². The summed E-state index contributed by atoms with van der Waals surface area (Å²) < 4.78 is 5.33. The number of benzene rings is 3. The first-order valence-corrected chi connectivity index (χ1v) is 10.5. The van der Waals surface area contributed by atoms with Crippen LogP contribution in [0.1, 0.15) is 28.9 Å². The van der Waals surface area contributed by atoms with E-state index in [2.05, 4.69) is 0 Å². The van der Waals surface area contributed by atoms with Crippen molar-refractivity contribution >= 4 is 23.1 Å². The number of hydrogen-bond acceptors (Lipinski definition) is 7. The molecule has 1 aliphatic heterocycles. The van der Waals surface area contributed by atoms with E-state index >= 15 is 0 Å². The van der Waals surface area contributed by atoms with Crippen molar-refractivity contribution in [3.8, 4) is 0 Å². The minimum atomic E-state index is -1.04. The monoisotopic (exact) mass is 446 g/mol. The van der Waals surface area contributed by atoms with Crippen molar-refractivity contribution in [2.45, 2.75) is 19.1 Å². The maximum atomic E-state index is 13.7. The highest BCUT2D eigenvalue weighted by atomic mass is 16.7. The topological polar surface area (TPSA) is 99.0 Å². The van der Waals surface area contributed by atoms with Crippen molar-refractivity contribution in [3.05, 3.63) is 106 Å². The molecule has 1 fully saturated rings. The van der Waals surface area contributed by atoms with Crippen LogP contribution in [0, 0.1) is 16.0 Å². The van der Waals surface area contributed by atoms with Gasteiger partial charge in [0.25, 0.3) is 5.69 Å². The second-order valence-electron chi connectivity index (χ2n) is 7.49. The van der Waals surface area contributed by atoms with Crippen LogP contribution in [-0.2, 0) is 14.4 Å². The van der Waals surface area contributed by atoms with Crippen LogP contribution < -0.4 is 5.06 Å². The number of hydrogen-bond donors (Lipinski definition) is 0. The molecule has 1 heterocycles. The van der Waals surface area contributed by atoms with Crippen molar-refractivity contribution in [1.82, 2.24) is 0 Å². The fourth-order valence-electron chi connectivity index (χ4n) is 3.96. The van der Waals surface area contributed by atoms with E-state index < -0.39 is 29.0 Å². The van der Waals surface area contributed by atoms with Crippen LogP contribution in [-0.4, -0.2) is 29.3 Å². The highest BCUT2D eigenvalue weighted by molar-refractivity contribution is 6.02. The average Bonchev–Trinajstić information content (AvgIpc) is 3.25. The van der Waals surface area contributed by atoms with E-state index in [9.17, 15) is 19.7 Å². The first-order chi connectivity index (χ1) is 16.0. The number of para-hydroxylation sites is 1. The van der Waals surface area contributed by atoms with E-state index in [0.29, 0.717) is 16.8 Å². The Morgan fingerprint density at radius 1 is 0.970 bits per heavy atom. The molecule has 3 atom stereocenters. The van der Waals surface area contributed by atoms with Crippen molar-refractivity contribution in [2.24, 2.45) is 5.92 Å². The zero-order chi connectivity index (χ0) is 23.4. The smallest absolute Gasteiger partial charge is 0.332 e. The summed E-state index contributed by atoms with van der Waals surface area (Å²) in [6, 6.07) is 22.4. The van der Waals surface area contributed by atoms with Gasteiger partial charge >= 0.3 is 5.97 Å². The third kappa shape index (κ3) is 4.47. The van der Waals surface area contributed by atoms with Crippen molar-refractivity contribution in [3.63, 3.8) is 0 Å². The SMILES string of the molecule is CCOC(=O)[C@@H]1[C@@H](C(=O)c2ccccc2)[C@H](c2ccc([N+](=O)[O-])cc2)ON1c1ccccc1. The van der Waals surface area contributed by atoms with Gasteiger partial charge in [-0.05, 0) is 36.8 Å². The molecule has 0 N–H and O–H groups in total. The molecule has 0 aromatic heterocycles. The van der Waals surface area contributed by atoms with Crippen LogP contribution in [0.25, 0.3) is 0 Å². The summed E-state index contributed by atoms with van der Waals surface area (Å²) in [4.78, 5) is 43.6. The highest BCUT2D eigenvalue weighted by Gasteiger charge is 2.52. The molecule has 0 saturated carbocycles. The number of ether oxygens (including phenoxy) is 1. The molecule has 3 aromatic carbocycles. The number of nitrogens with zero attached hydrogens (tertiary/aromatic N) is 2. The minimum absolute atomic E-state index is 0.0791. The lowest BCUT2D eigenvalue weighted by Gasteiger charge is -2.24. The molecule has 168 valence electrons. The van der Waals surface area contributed by atoms with E-state index in [0.717, 1.165) is 0 Å². The molecule has 0 amide bonds. The Hall–Kier alpha value is -4.04. The van der Waals surface area contributed by atoms with Gasteiger partial charge < -0.3 is 4.74 Å². The lowest BCUT2D eigenvalue weighted by molar-refractivity contribution is -0.384. The quantitative estimate of drug-likeness (QED) is 0.228. The number of nitro benzene ring substituents is 1. The molecule has 0 radical (unpaired) electrons. The summed E-state index contributed by atoms with van der Waals surface area (Å²) >= 11 is 0. The summed E-state index contributed by atoms with van der Waals surface area (Å²) in [6.07, 6.45) is -0.854. The van der Waals surface area contributed by atoms with E-state index in [1.165, 1.54) is 17.2 Å². The van der Waals surface area contributed by atoms with Gasteiger partial charge in [-0.2, -0.15) is 0 Å². The first-order valence-electron chi connectivity index (χ1n) is 10.5. The van der Waals surface area contributed by atoms with Gasteiger partial charge in [0.05, 0.1) is 23.1 Å². The van der Waals surface area contributed by atoms with Crippen LogP contribution in [0.2, 0.25) is 0 Å². The van der Waals surface area contributed by atoms with Gasteiger partial charge in [-0.3, -0.25) is 19.7 Å². The Morgan fingerprint density at radius 3 is 2.15 bits per heavy atom. The summed E-state index contributed by atoms with van der Waals surface area (Å²) in [7, 11) is 0. The molecule has 0 unspecified atom stereocenters. The fraction of sp³-hybridized carbons (Fsp3) is 0.200. The van der Waals surface area contributed by atoms with E-state index in [1.54, 1.807) is 73.7 Å². The summed E-state index contributed by atoms with van der Waals surface area (Å²) in [5.74, 6) is -1.80. The number of carbonyl (C=O) groups excluding carboxylic acids is 2. The molecule has 0 bridgehead atoms. The number of anilines is 1. The van der Waals surface area contributed by atoms with Gasteiger partial charge in [-0.1, -0.05) is 48.5 Å². The van der Waals surface area contributed by atoms with Crippen LogP contribution in [0.15, 0.2) is 84.9 Å². The van der Waals surface area contributed by atoms with Crippen molar-refractivity contribution in [1.29, 1.82) is 0 Å². The van der Waals surface area contributed by atoms with Crippen LogP contribution in [0.3, 0.4) is 0 Å². The van der Waals surface area contributed by atoms with Crippen LogP contribution in [0.4, 0.5) is 11.4 Å². The standard InChI is InChI=1S/C25H22N2O6/c1-2-32-25(29)22-21(23(28)17-9-5-3-6-10-17)24(18-13-15-20(16-14-18)27(30)31)33-26(22)19-11-7-4-8-12-19/h3-16,21-22,24H,2H2,1H3/t21-,22-,24-/m0/s1. The second-order valence-corrected chi connectivity index (χ2v) is 7.49. The van der Waals surface area contributed by atoms with Gasteiger partial charge in [-0.25, -0.2) is 9.86 Å². The Balaban J connectivity index is 1.82. The predicted octanol–water partition coefficient (Wildman–Crippen LogP) is 4.52. The third-order valence-electron chi connectivity index (χ3n) is 5.48. The van der Waals surface area contributed by atoms with Crippen molar-refractivity contribution < 1.29 is 24.1 Å². The summed E-state index contributed by atoms with van der Waals surface area (Å²) in [6.45, 7) is 1.84. The molecule has 8 nitrogen and oxygen atoms in total. The second kappa shape index (κ2) is 9.62. The zero-order valence-electron chi connectivity index (χ0n) is 17.9. The molecule has 1 saturated heterocycles. The maximum Gasteiger partial charge on any atom is 0.332 e. The minimum Gasteiger partial charge on any atom is -0.464 e. The predicted molar refractivity (Wildman–Crippen MR) is 121 cm³/mol. The number of rotatable bonds is 7. The summed E-state index contributed by atoms with van der Waals surface area (Å²) in [5, 5.41) is 12.5. The number of ketones is 1. The number of hydroxylamine groups is 1. The maximum absolute atomic E-state index is 13.7. The number of carbonyl (C=O) groups is 2. The van der Waals surface area contributed by atoms with E-state index in [-0.39, 0.29) is 18.1 Å². The number of Topliss-reactive ketones (excluding diaryl/α,β-unsaturated/α-hetero) is 1. The molecule has 4 rings (SSSR count). The van der Waals surface area contributed by atoms with Gasteiger partial charge in [0, 0.05) is 17.7 Å². The lowest BCUT2D eigenvalue weighted by Crippen LogP contribution is -2.43. The fourth-order valence-corrected chi connectivity index (χ4v) is 3.96. The average molecular weight is 446 g/mol. The molecule has 33 heavy (non-hydrogen) atoms. The zero-order valence-corrected chi connectivity index (χ0v) is 17.9. The molecule has 8 heteroatoms. The van der Waals surface area contributed by atoms with E-state index in [4.69, 9.17) is 9.57 Å². The Morgan fingerprint density at radius 2 is 1.58 bits per heavy atom. The van der Waals surface area contributed by atoms with Gasteiger partial charge in [0.1, 0.15) is 6.10 Å². The van der Waals surface area contributed by atoms with Crippen LogP contribution >= 0.6 is 0 Å². The third-order valence-corrected chi connectivity index (χ3v) is 5.48. The normalized spacial score (nSPS) is 19.8. The molecule has 0 aliphatic carbocycles. The lowest BCUT2D eigenvalue weighted by atomic mass is 9.84.